The lowest BCUT2D eigenvalue weighted by atomic mass is 9.74. The Labute approximate surface area is 130 Å². The molecular formula is C15H13N3O3S. The van der Waals surface area contributed by atoms with Crippen molar-refractivity contribution in [3.63, 3.8) is 0 Å². The Morgan fingerprint density at radius 1 is 1.14 bits per heavy atom. The van der Waals surface area contributed by atoms with Crippen LogP contribution in [0.15, 0.2) is 33.8 Å². The summed E-state index contributed by atoms with van der Waals surface area (Å²) in [6.07, 6.45) is 1.96. The van der Waals surface area contributed by atoms with E-state index < -0.39 is 17.9 Å². The SMILES string of the molecule is O=C1NC(=O)C2C(=NC3=C(C(=O)CCC3)C2c2cccs2)N1. The largest absolute Gasteiger partial charge is 0.326 e. The number of hydrogen-bond acceptors (Lipinski definition) is 5. The highest BCUT2D eigenvalue weighted by Crippen LogP contribution is 2.44. The highest BCUT2D eigenvalue weighted by atomic mass is 32.1. The number of fused-ring (bicyclic) bond motifs is 1. The van der Waals surface area contributed by atoms with E-state index in [1.807, 2.05) is 17.5 Å². The average Bonchev–Trinajstić information content (AvgIpc) is 2.99. The maximum Gasteiger partial charge on any atom is 0.326 e. The normalized spacial score (nSPS) is 27.6. The van der Waals surface area contributed by atoms with Gasteiger partial charge in [0, 0.05) is 28.5 Å². The molecule has 2 atom stereocenters. The minimum atomic E-state index is -0.642. The zero-order valence-corrected chi connectivity index (χ0v) is 12.4. The van der Waals surface area contributed by atoms with Crippen LogP contribution in [-0.4, -0.2) is 23.6 Å². The van der Waals surface area contributed by atoms with Crippen LogP contribution in [0.25, 0.3) is 0 Å². The molecule has 0 aromatic carbocycles. The number of urea groups is 1. The van der Waals surface area contributed by atoms with E-state index in [0.717, 1.165) is 17.0 Å². The third kappa shape index (κ3) is 1.93. The summed E-state index contributed by atoms with van der Waals surface area (Å²) in [7, 11) is 0. The first-order valence-corrected chi connectivity index (χ1v) is 8.03. The summed E-state index contributed by atoms with van der Waals surface area (Å²) in [5.74, 6) is -0.966. The number of Topliss-reactive ketones (excluding diaryl/α,β-unsaturated/α-hetero) is 1. The Bertz CT molecular complexity index is 748. The van der Waals surface area contributed by atoms with E-state index in [4.69, 9.17) is 0 Å². The highest BCUT2D eigenvalue weighted by molar-refractivity contribution is 7.10. The second kappa shape index (κ2) is 4.88. The summed E-state index contributed by atoms with van der Waals surface area (Å²) < 4.78 is 0. The molecule has 1 saturated heterocycles. The van der Waals surface area contributed by atoms with Gasteiger partial charge in [-0.2, -0.15) is 0 Å². The molecular weight excluding hydrogens is 302 g/mol. The maximum atomic E-state index is 12.4. The fourth-order valence-corrected chi connectivity index (χ4v) is 4.22. The van der Waals surface area contributed by atoms with Gasteiger partial charge in [0.05, 0.1) is 0 Å². The third-order valence-corrected chi connectivity index (χ3v) is 5.19. The first-order chi connectivity index (χ1) is 10.6. The highest BCUT2D eigenvalue weighted by Gasteiger charge is 2.46. The van der Waals surface area contributed by atoms with Crippen molar-refractivity contribution in [3.8, 4) is 0 Å². The predicted molar refractivity (Wildman–Crippen MR) is 80.5 cm³/mol. The minimum absolute atomic E-state index is 0.0622. The van der Waals surface area contributed by atoms with E-state index in [0.29, 0.717) is 24.3 Å². The lowest BCUT2D eigenvalue weighted by Gasteiger charge is -2.36. The standard InChI is InChI=1S/C15H13N3O3S/c19-8-4-1-3-7-10(8)11(9-5-2-6-22-9)12-13(16-7)17-15(21)18-14(12)20/h2,5-6,11-12H,1,3-4H2,(H2,16,17,18,20,21). The van der Waals surface area contributed by atoms with Crippen molar-refractivity contribution < 1.29 is 14.4 Å². The molecule has 22 heavy (non-hydrogen) atoms. The molecule has 3 amide bonds. The van der Waals surface area contributed by atoms with Crippen LogP contribution in [0.4, 0.5) is 4.79 Å². The van der Waals surface area contributed by atoms with Gasteiger partial charge in [0.15, 0.2) is 5.78 Å². The van der Waals surface area contributed by atoms with Gasteiger partial charge in [0.1, 0.15) is 11.8 Å². The number of amidine groups is 1. The maximum absolute atomic E-state index is 12.4. The molecule has 6 nitrogen and oxygen atoms in total. The van der Waals surface area contributed by atoms with Gasteiger partial charge in [-0.05, 0) is 24.3 Å². The molecule has 0 radical (unpaired) electrons. The van der Waals surface area contributed by atoms with Gasteiger partial charge in [-0.25, -0.2) is 9.79 Å². The summed E-state index contributed by atoms with van der Waals surface area (Å²) in [5, 5.41) is 6.83. The van der Waals surface area contributed by atoms with Crippen LogP contribution in [0.5, 0.6) is 0 Å². The zero-order chi connectivity index (χ0) is 15.3. The van der Waals surface area contributed by atoms with E-state index >= 15 is 0 Å². The van der Waals surface area contributed by atoms with Crippen LogP contribution >= 0.6 is 11.3 Å². The number of allylic oxidation sites excluding steroid dienone is 2. The Balaban J connectivity index is 1.91. The van der Waals surface area contributed by atoms with Crippen LogP contribution in [0.1, 0.15) is 30.1 Å². The Morgan fingerprint density at radius 3 is 2.77 bits per heavy atom. The molecule has 1 aromatic heterocycles. The molecule has 2 aliphatic heterocycles. The topological polar surface area (TPSA) is 87.6 Å². The number of rotatable bonds is 1. The minimum Gasteiger partial charge on any atom is -0.295 e. The van der Waals surface area contributed by atoms with E-state index in [-0.39, 0.29) is 11.7 Å². The fourth-order valence-electron chi connectivity index (χ4n) is 3.35. The first kappa shape index (κ1) is 13.4. The quantitative estimate of drug-likeness (QED) is 0.827. The summed E-state index contributed by atoms with van der Waals surface area (Å²) >= 11 is 1.51. The van der Waals surface area contributed by atoms with Crippen molar-refractivity contribution in [2.24, 2.45) is 10.9 Å². The molecule has 1 aliphatic carbocycles. The molecule has 1 aromatic rings. The van der Waals surface area contributed by atoms with Gasteiger partial charge in [-0.3, -0.25) is 20.2 Å². The van der Waals surface area contributed by atoms with E-state index in [1.165, 1.54) is 11.3 Å². The monoisotopic (exact) mass is 315 g/mol. The number of thiophene rings is 1. The van der Waals surface area contributed by atoms with Crippen molar-refractivity contribution in [1.82, 2.24) is 10.6 Å². The third-order valence-electron chi connectivity index (χ3n) is 4.23. The molecule has 0 saturated carbocycles. The van der Waals surface area contributed by atoms with E-state index in [1.54, 1.807) is 0 Å². The molecule has 7 heteroatoms. The van der Waals surface area contributed by atoms with Crippen LogP contribution in [0, 0.1) is 5.92 Å². The number of ketones is 1. The Hall–Kier alpha value is -2.28. The molecule has 0 spiro atoms. The molecule has 2 unspecified atom stereocenters. The lowest BCUT2D eigenvalue weighted by molar-refractivity contribution is -0.122. The van der Waals surface area contributed by atoms with Crippen LogP contribution in [0.3, 0.4) is 0 Å². The van der Waals surface area contributed by atoms with Gasteiger partial charge in [0.2, 0.25) is 5.91 Å². The summed E-state index contributed by atoms with van der Waals surface area (Å²) in [6.45, 7) is 0. The number of carbonyl (C=O) groups excluding carboxylic acids is 3. The number of hydrogen-bond donors (Lipinski definition) is 2. The Morgan fingerprint density at radius 2 is 2.00 bits per heavy atom. The smallest absolute Gasteiger partial charge is 0.295 e. The van der Waals surface area contributed by atoms with Crippen LogP contribution in [-0.2, 0) is 9.59 Å². The Kier molecular flexibility index (Phi) is 2.97. The van der Waals surface area contributed by atoms with Gasteiger partial charge in [-0.15, -0.1) is 11.3 Å². The van der Waals surface area contributed by atoms with Crippen molar-refractivity contribution >= 4 is 34.9 Å². The molecule has 4 rings (SSSR count). The van der Waals surface area contributed by atoms with Crippen molar-refractivity contribution in [2.45, 2.75) is 25.2 Å². The summed E-state index contributed by atoms with van der Waals surface area (Å²) in [4.78, 5) is 41.7. The lowest BCUT2D eigenvalue weighted by Crippen LogP contribution is -2.58. The van der Waals surface area contributed by atoms with E-state index in [2.05, 4.69) is 15.6 Å². The van der Waals surface area contributed by atoms with E-state index in [9.17, 15) is 14.4 Å². The predicted octanol–water partition coefficient (Wildman–Crippen LogP) is 1.71. The van der Waals surface area contributed by atoms with Crippen molar-refractivity contribution in [3.05, 3.63) is 33.7 Å². The number of aliphatic imine (C=N–C) groups is 1. The summed E-state index contributed by atoms with van der Waals surface area (Å²) in [6, 6.07) is 3.27. The number of carbonyl (C=O) groups is 3. The van der Waals surface area contributed by atoms with Gasteiger partial charge in [-0.1, -0.05) is 6.07 Å². The number of nitrogens with zero attached hydrogens (tertiary/aromatic N) is 1. The fraction of sp³-hybridized carbons (Fsp3) is 0.333. The average molecular weight is 315 g/mol. The second-order valence-electron chi connectivity index (χ2n) is 5.55. The molecule has 112 valence electrons. The number of nitrogens with one attached hydrogen (secondary N) is 2. The van der Waals surface area contributed by atoms with Crippen molar-refractivity contribution in [1.29, 1.82) is 0 Å². The first-order valence-electron chi connectivity index (χ1n) is 7.15. The van der Waals surface area contributed by atoms with Gasteiger partial charge >= 0.3 is 6.03 Å². The zero-order valence-electron chi connectivity index (χ0n) is 11.6. The molecule has 0 bridgehead atoms. The number of imide groups is 1. The second-order valence-corrected chi connectivity index (χ2v) is 6.53. The molecule has 3 heterocycles. The van der Waals surface area contributed by atoms with Gasteiger partial charge in [0.25, 0.3) is 0 Å². The van der Waals surface area contributed by atoms with Gasteiger partial charge < -0.3 is 0 Å². The number of amides is 3. The van der Waals surface area contributed by atoms with Crippen LogP contribution < -0.4 is 10.6 Å². The summed E-state index contributed by atoms with van der Waals surface area (Å²) in [5.41, 5.74) is 1.37. The van der Waals surface area contributed by atoms with Crippen molar-refractivity contribution in [2.75, 3.05) is 0 Å². The molecule has 3 aliphatic rings. The van der Waals surface area contributed by atoms with Crippen LogP contribution in [0.2, 0.25) is 0 Å². The molecule has 2 N–H and O–H groups in total. The molecule has 1 fully saturated rings.